The van der Waals surface area contributed by atoms with E-state index in [1.54, 1.807) is 12.1 Å². The number of rotatable bonds is 9. The molecular formula is C14H21F2NOS. The van der Waals surface area contributed by atoms with Crippen molar-refractivity contribution in [2.45, 2.75) is 32.4 Å². The zero-order valence-electron chi connectivity index (χ0n) is 11.4. The molecule has 0 amide bonds. The third-order valence-electron chi connectivity index (χ3n) is 2.83. The minimum Gasteiger partial charge on any atom is -0.434 e. The van der Waals surface area contributed by atoms with Crippen molar-refractivity contribution in [3.05, 3.63) is 29.8 Å². The van der Waals surface area contributed by atoms with E-state index >= 15 is 0 Å². The Bertz CT molecular complexity index is 363. The SMILES string of the molecule is CSCCCCNC(C)c1ccccc1OC(F)F. The standard InChI is InChI=1S/C14H21F2NOS/c1-11(17-9-5-6-10-19-2)12-7-3-4-8-13(12)18-14(15)16/h3-4,7-8,11,14,17H,5-6,9-10H2,1-2H3. The fourth-order valence-electron chi connectivity index (χ4n) is 1.84. The minimum atomic E-state index is -2.78. The summed E-state index contributed by atoms with van der Waals surface area (Å²) in [5.41, 5.74) is 0.771. The molecule has 0 aliphatic rings. The lowest BCUT2D eigenvalue weighted by Crippen LogP contribution is -2.21. The highest BCUT2D eigenvalue weighted by Crippen LogP contribution is 2.26. The van der Waals surface area contributed by atoms with Crippen molar-refractivity contribution in [1.29, 1.82) is 0 Å². The first-order valence-corrected chi connectivity index (χ1v) is 7.80. The van der Waals surface area contributed by atoms with Gasteiger partial charge in [0.25, 0.3) is 0 Å². The van der Waals surface area contributed by atoms with Crippen molar-refractivity contribution in [2.24, 2.45) is 0 Å². The van der Waals surface area contributed by atoms with Gasteiger partial charge in [0.05, 0.1) is 0 Å². The van der Waals surface area contributed by atoms with Crippen LogP contribution in [0.4, 0.5) is 8.78 Å². The Labute approximate surface area is 117 Å². The van der Waals surface area contributed by atoms with E-state index in [0.29, 0.717) is 0 Å². The first-order chi connectivity index (χ1) is 9.15. The highest BCUT2D eigenvalue weighted by molar-refractivity contribution is 7.98. The maximum atomic E-state index is 12.3. The summed E-state index contributed by atoms with van der Waals surface area (Å²) in [7, 11) is 0. The summed E-state index contributed by atoms with van der Waals surface area (Å²) < 4.78 is 29.2. The van der Waals surface area contributed by atoms with Gasteiger partial charge in [-0.05, 0) is 44.4 Å². The van der Waals surface area contributed by atoms with Crippen molar-refractivity contribution in [3.63, 3.8) is 0 Å². The van der Waals surface area contributed by atoms with E-state index in [4.69, 9.17) is 0 Å². The molecule has 0 aliphatic carbocycles. The van der Waals surface area contributed by atoms with Crippen molar-refractivity contribution in [2.75, 3.05) is 18.6 Å². The third-order valence-corrected chi connectivity index (χ3v) is 3.52. The summed E-state index contributed by atoms with van der Waals surface area (Å²) in [4.78, 5) is 0. The van der Waals surface area contributed by atoms with Crippen LogP contribution in [0.15, 0.2) is 24.3 Å². The number of ether oxygens (including phenoxy) is 1. The summed E-state index contributed by atoms with van der Waals surface area (Å²) in [6.07, 6.45) is 4.34. The molecule has 2 nitrogen and oxygen atoms in total. The quantitative estimate of drug-likeness (QED) is 0.692. The zero-order chi connectivity index (χ0) is 14.1. The molecule has 19 heavy (non-hydrogen) atoms. The first-order valence-electron chi connectivity index (χ1n) is 6.41. The van der Waals surface area contributed by atoms with Crippen LogP contribution in [0.2, 0.25) is 0 Å². The Balaban J connectivity index is 2.48. The Morgan fingerprint density at radius 3 is 2.68 bits per heavy atom. The summed E-state index contributed by atoms with van der Waals surface area (Å²) >= 11 is 1.83. The van der Waals surface area contributed by atoms with Gasteiger partial charge in [-0.1, -0.05) is 18.2 Å². The van der Waals surface area contributed by atoms with E-state index in [2.05, 4.69) is 16.3 Å². The molecule has 0 saturated carbocycles. The topological polar surface area (TPSA) is 21.3 Å². The van der Waals surface area contributed by atoms with Crippen LogP contribution in [0.1, 0.15) is 31.4 Å². The van der Waals surface area contributed by atoms with Gasteiger partial charge in [-0.25, -0.2) is 0 Å². The van der Waals surface area contributed by atoms with Crippen molar-refractivity contribution < 1.29 is 13.5 Å². The molecule has 0 fully saturated rings. The number of halogens is 2. The molecule has 1 aromatic carbocycles. The van der Waals surface area contributed by atoms with E-state index in [0.717, 1.165) is 30.7 Å². The molecule has 0 aliphatic heterocycles. The Kier molecular flexibility index (Phi) is 7.82. The molecule has 1 N–H and O–H groups in total. The van der Waals surface area contributed by atoms with Crippen LogP contribution in [-0.4, -0.2) is 25.2 Å². The van der Waals surface area contributed by atoms with Gasteiger partial charge < -0.3 is 10.1 Å². The van der Waals surface area contributed by atoms with Crippen LogP contribution >= 0.6 is 11.8 Å². The predicted molar refractivity (Wildman–Crippen MR) is 77.1 cm³/mol. The summed E-state index contributed by atoms with van der Waals surface area (Å²) in [6.45, 7) is 0.0578. The number of benzene rings is 1. The Hall–Kier alpha value is -0.810. The monoisotopic (exact) mass is 289 g/mol. The minimum absolute atomic E-state index is 0.00392. The molecule has 1 rings (SSSR count). The average molecular weight is 289 g/mol. The van der Waals surface area contributed by atoms with Crippen molar-refractivity contribution in [1.82, 2.24) is 5.32 Å². The summed E-state index contributed by atoms with van der Waals surface area (Å²) in [5, 5.41) is 3.34. The second-order valence-corrected chi connectivity index (χ2v) is 5.28. The maximum Gasteiger partial charge on any atom is 0.387 e. The summed E-state index contributed by atoms with van der Waals surface area (Å²) in [6, 6.07) is 6.93. The van der Waals surface area contributed by atoms with E-state index in [1.165, 1.54) is 0 Å². The molecule has 0 aromatic heterocycles. The molecule has 108 valence electrons. The van der Waals surface area contributed by atoms with Gasteiger partial charge in [-0.15, -0.1) is 0 Å². The predicted octanol–water partition coefficient (Wildman–Crippen LogP) is 4.08. The lowest BCUT2D eigenvalue weighted by molar-refractivity contribution is -0.0506. The molecule has 1 atom stereocenters. The second kappa shape index (κ2) is 9.15. The molecule has 0 saturated heterocycles. The number of para-hydroxylation sites is 1. The molecule has 1 unspecified atom stereocenters. The van der Waals surface area contributed by atoms with Crippen LogP contribution in [0.5, 0.6) is 5.75 Å². The number of thioether (sulfide) groups is 1. The van der Waals surface area contributed by atoms with Gasteiger partial charge in [0, 0.05) is 11.6 Å². The summed E-state index contributed by atoms with van der Waals surface area (Å²) in [5.74, 6) is 1.41. The number of alkyl halides is 2. The Morgan fingerprint density at radius 2 is 2.00 bits per heavy atom. The van der Waals surface area contributed by atoms with Crippen LogP contribution in [0, 0.1) is 0 Å². The number of hydrogen-bond acceptors (Lipinski definition) is 3. The van der Waals surface area contributed by atoms with E-state index in [9.17, 15) is 8.78 Å². The normalized spacial score (nSPS) is 12.7. The molecule has 0 bridgehead atoms. The zero-order valence-corrected chi connectivity index (χ0v) is 12.2. The first kappa shape index (κ1) is 16.2. The second-order valence-electron chi connectivity index (χ2n) is 4.29. The molecule has 1 aromatic rings. The lowest BCUT2D eigenvalue weighted by atomic mass is 10.1. The maximum absolute atomic E-state index is 12.3. The number of nitrogens with one attached hydrogen (secondary N) is 1. The van der Waals surface area contributed by atoms with Crippen molar-refractivity contribution >= 4 is 11.8 Å². The Morgan fingerprint density at radius 1 is 1.26 bits per heavy atom. The highest BCUT2D eigenvalue weighted by Gasteiger charge is 2.13. The molecule has 0 radical (unpaired) electrons. The fourth-order valence-corrected chi connectivity index (χ4v) is 2.33. The van der Waals surface area contributed by atoms with Gasteiger partial charge in [0.1, 0.15) is 5.75 Å². The van der Waals surface area contributed by atoms with Crippen LogP contribution < -0.4 is 10.1 Å². The van der Waals surface area contributed by atoms with Crippen LogP contribution in [0.25, 0.3) is 0 Å². The number of unbranched alkanes of at least 4 members (excludes halogenated alkanes) is 1. The van der Waals surface area contributed by atoms with E-state index in [-0.39, 0.29) is 11.8 Å². The van der Waals surface area contributed by atoms with Crippen LogP contribution in [0.3, 0.4) is 0 Å². The highest BCUT2D eigenvalue weighted by atomic mass is 32.2. The van der Waals surface area contributed by atoms with Gasteiger partial charge in [-0.3, -0.25) is 0 Å². The van der Waals surface area contributed by atoms with E-state index in [1.807, 2.05) is 30.8 Å². The van der Waals surface area contributed by atoms with Gasteiger partial charge in [0.15, 0.2) is 0 Å². The molecular weight excluding hydrogens is 268 g/mol. The molecule has 0 heterocycles. The van der Waals surface area contributed by atoms with Gasteiger partial charge in [-0.2, -0.15) is 20.5 Å². The number of hydrogen-bond donors (Lipinski definition) is 1. The largest absolute Gasteiger partial charge is 0.434 e. The lowest BCUT2D eigenvalue weighted by Gasteiger charge is -2.18. The fraction of sp³-hybridized carbons (Fsp3) is 0.571. The smallest absolute Gasteiger partial charge is 0.387 e. The third kappa shape index (κ3) is 6.25. The van der Waals surface area contributed by atoms with Crippen molar-refractivity contribution in [3.8, 4) is 5.75 Å². The average Bonchev–Trinajstić information content (AvgIpc) is 2.38. The molecule has 0 spiro atoms. The van der Waals surface area contributed by atoms with Crippen LogP contribution in [-0.2, 0) is 0 Å². The van der Waals surface area contributed by atoms with E-state index < -0.39 is 6.61 Å². The van der Waals surface area contributed by atoms with Gasteiger partial charge >= 0.3 is 6.61 Å². The molecule has 5 heteroatoms. The van der Waals surface area contributed by atoms with Gasteiger partial charge in [0.2, 0.25) is 0 Å².